The standard InChI is InChI=1S/C15H29N3O/c1-3-18(12-7-4-5-8-12)13-9-6-10-15(11-13,17-2)14(16)19/h12-13,17H,3-11H2,1-2H3,(H2,16,19). The molecule has 0 aliphatic heterocycles. The number of primary amides is 1. The largest absolute Gasteiger partial charge is 0.368 e. The minimum absolute atomic E-state index is 0.179. The highest BCUT2D eigenvalue weighted by molar-refractivity contribution is 5.84. The minimum atomic E-state index is -0.477. The van der Waals surface area contributed by atoms with E-state index >= 15 is 0 Å². The Morgan fingerprint density at radius 1 is 1.26 bits per heavy atom. The fourth-order valence-corrected chi connectivity index (χ4v) is 4.15. The smallest absolute Gasteiger partial charge is 0.237 e. The number of hydrogen-bond donors (Lipinski definition) is 2. The van der Waals surface area contributed by atoms with Crippen LogP contribution in [-0.4, -0.2) is 42.0 Å². The Labute approximate surface area is 117 Å². The second-order valence-corrected chi connectivity index (χ2v) is 6.22. The normalized spacial score (nSPS) is 32.9. The summed E-state index contributed by atoms with van der Waals surface area (Å²) in [6.07, 6.45) is 9.45. The van der Waals surface area contributed by atoms with Crippen molar-refractivity contribution in [3.05, 3.63) is 0 Å². The summed E-state index contributed by atoms with van der Waals surface area (Å²) in [6.45, 7) is 3.34. The number of carbonyl (C=O) groups is 1. The zero-order valence-electron chi connectivity index (χ0n) is 12.5. The molecule has 4 nitrogen and oxygen atoms in total. The molecule has 0 bridgehead atoms. The maximum Gasteiger partial charge on any atom is 0.237 e. The van der Waals surface area contributed by atoms with E-state index in [1.54, 1.807) is 0 Å². The molecule has 1 amide bonds. The van der Waals surface area contributed by atoms with E-state index in [1.807, 2.05) is 7.05 Å². The Morgan fingerprint density at radius 3 is 2.42 bits per heavy atom. The predicted octanol–water partition coefficient (Wildman–Crippen LogP) is 1.64. The lowest BCUT2D eigenvalue weighted by Gasteiger charge is -2.44. The van der Waals surface area contributed by atoms with E-state index < -0.39 is 5.54 Å². The third-order valence-corrected chi connectivity index (χ3v) is 5.30. The van der Waals surface area contributed by atoms with Crippen LogP contribution in [0.15, 0.2) is 0 Å². The molecule has 110 valence electrons. The van der Waals surface area contributed by atoms with Crippen LogP contribution in [0.2, 0.25) is 0 Å². The first-order chi connectivity index (χ1) is 9.13. The molecule has 2 saturated carbocycles. The molecule has 4 heteroatoms. The summed E-state index contributed by atoms with van der Waals surface area (Å²) in [4.78, 5) is 14.5. The molecule has 2 atom stereocenters. The number of amides is 1. The van der Waals surface area contributed by atoms with E-state index in [2.05, 4.69) is 17.1 Å². The first kappa shape index (κ1) is 14.8. The van der Waals surface area contributed by atoms with Crippen molar-refractivity contribution in [2.75, 3.05) is 13.6 Å². The second-order valence-electron chi connectivity index (χ2n) is 6.22. The van der Waals surface area contributed by atoms with Gasteiger partial charge in [-0.2, -0.15) is 0 Å². The summed E-state index contributed by atoms with van der Waals surface area (Å²) in [5.41, 5.74) is 5.17. The number of carbonyl (C=O) groups excluding carboxylic acids is 1. The molecule has 0 radical (unpaired) electrons. The summed E-state index contributed by atoms with van der Waals surface area (Å²) in [7, 11) is 1.87. The second kappa shape index (κ2) is 6.23. The van der Waals surface area contributed by atoms with E-state index in [1.165, 1.54) is 32.1 Å². The molecular formula is C15H29N3O. The topological polar surface area (TPSA) is 58.4 Å². The predicted molar refractivity (Wildman–Crippen MR) is 77.9 cm³/mol. The average Bonchev–Trinajstić information content (AvgIpc) is 2.93. The first-order valence-corrected chi connectivity index (χ1v) is 7.87. The molecular weight excluding hydrogens is 238 g/mol. The van der Waals surface area contributed by atoms with Gasteiger partial charge in [0, 0.05) is 12.1 Å². The Kier molecular flexibility index (Phi) is 4.85. The highest BCUT2D eigenvalue weighted by Gasteiger charge is 2.42. The quantitative estimate of drug-likeness (QED) is 0.796. The van der Waals surface area contributed by atoms with Crippen LogP contribution >= 0.6 is 0 Å². The van der Waals surface area contributed by atoms with Crippen LogP contribution < -0.4 is 11.1 Å². The van der Waals surface area contributed by atoms with Gasteiger partial charge >= 0.3 is 0 Å². The molecule has 0 aromatic carbocycles. The van der Waals surface area contributed by atoms with Crippen molar-refractivity contribution >= 4 is 5.91 Å². The van der Waals surface area contributed by atoms with Crippen LogP contribution in [0, 0.1) is 0 Å². The SMILES string of the molecule is CCN(C1CCCC1)C1CCCC(NC)(C(N)=O)C1. The van der Waals surface area contributed by atoms with Gasteiger partial charge in [-0.25, -0.2) is 0 Å². The molecule has 0 saturated heterocycles. The Morgan fingerprint density at radius 2 is 1.89 bits per heavy atom. The van der Waals surface area contributed by atoms with Crippen LogP contribution in [-0.2, 0) is 4.79 Å². The Hall–Kier alpha value is -0.610. The third kappa shape index (κ3) is 2.95. The van der Waals surface area contributed by atoms with Gasteiger partial charge in [-0.05, 0) is 52.1 Å². The molecule has 2 rings (SSSR count). The lowest BCUT2D eigenvalue weighted by Crippen LogP contribution is -2.60. The molecule has 0 aromatic rings. The third-order valence-electron chi connectivity index (χ3n) is 5.30. The van der Waals surface area contributed by atoms with Gasteiger partial charge in [0.05, 0.1) is 5.54 Å². The Bertz CT molecular complexity index is 315. The molecule has 19 heavy (non-hydrogen) atoms. The van der Waals surface area contributed by atoms with Crippen molar-refractivity contribution in [3.63, 3.8) is 0 Å². The van der Waals surface area contributed by atoms with Crippen LogP contribution in [0.25, 0.3) is 0 Å². The zero-order valence-corrected chi connectivity index (χ0v) is 12.5. The van der Waals surface area contributed by atoms with Crippen molar-refractivity contribution in [1.29, 1.82) is 0 Å². The summed E-state index contributed by atoms with van der Waals surface area (Å²) >= 11 is 0. The highest BCUT2D eigenvalue weighted by Crippen LogP contribution is 2.34. The number of hydrogen-bond acceptors (Lipinski definition) is 3. The number of nitrogens with zero attached hydrogens (tertiary/aromatic N) is 1. The van der Waals surface area contributed by atoms with Gasteiger partial charge in [-0.3, -0.25) is 9.69 Å². The fourth-order valence-electron chi connectivity index (χ4n) is 4.15. The maximum absolute atomic E-state index is 11.8. The molecule has 2 aliphatic rings. The van der Waals surface area contributed by atoms with E-state index in [0.717, 1.165) is 31.8 Å². The fraction of sp³-hybridized carbons (Fsp3) is 0.933. The van der Waals surface area contributed by atoms with E-state index in [9.17, 15) is 4.79 Å². The Balaban J connectivity index is 2.08. The zero-order chi connectivity index (χ0) is 13.9. The van der Waals surface area contributed by atoms with Crippen molar-refractivity contribution < 1.29 is 4.79 Å². The molecule has 3 N–H and O–H groups in total. The van der Waals surface area contributed by atoms with Crippen molar-refractivity contribution in [2.45, 2.75) is 75.9 Å². The summed E-state index contributed by atoms with van der Waals surface area (Å²) in [5, 5.41) is 3.22. The van der Waals surface area contributed by atoms with E-state index in [-0.39, 0.29) is 5.91 Å². The van der Waals surface area contributed by atoms with Gasteiger partial charge in [-0.1, -0.05) is 19.8 Å². The number of rotatable bonds is 5. The number of nitrogens with two attached hydrogens (primary N) is 1. The van der Waals surface area contributed by atoms with Gasteiger partial charge in [0.15, 0.2) is 0 Å². The lowest BCUT2D eigenvalue weighted by atomic mass is 9.77. The number of nitrogens with one attached hydrogen (secondary N) is 1. The summed E-state index contributed by atoms with van der Waals surface area (Å²) in [6, 6.07) is 1.25. The molecule has 2 fully saturated rings. The molecule has 0 aromatic heterocycles. The van der Waals surface area contributed by atoms with Gasteiger partial charge in [0.25, 0.3) is 0 Å². The van der Waals surface area contributed by atoms with Gasteiger partial charge in [0.2, 0.25) is 5.91 Å². The highest BCUT2D eigenvalue weighted by atomic mass is 16.1. The number of likely N-dealkylation sites (N-methyl/N-ethyl adjacent to an activating group) is 1. The lowest BCUT2D eigenvalue weighted by molar-refractivity contribution is -0.126. The van der Waals surface area contributed by atoms with Crippen LogP contribution in [0.3, 0.4) is 0 Å². The average molecular weight is 267 g/mol. The van der Waals surface area contributed by atoms with Crippen LogP contribution in [0.1, 0.15) is 58.3 Å². The molecule has 0 spiro atoms. The summed E-state index contributed by atoms with van der Waals surface area (Å²) in [5.74, 6) is -0.179. The van der Waals surface area contributed by atoms with Gasteiger partial charge < -0.3 is 11.1 Å². The van der Waals surface area contributed by atoms with Gasteiger partial charge in [-0.15, -0.1) is 0 Å². The van der Waals surface area contributed by atoms with Gasteiger partial charge in [0.1, 0.15) is 0 Å². The summed E-state index contributed by atoms with van der Waals surface area (Å²) < 4.78 is 0. The minimum Gasteiger partial charge on any atom is -0.368 e. The van der Waals surface area contributed by atoms with Crippen LogP contribution in [0.4, 0.5) is 0 Å². The van der Waals surface area contributed by atoms with Crippen molar-refractivity contribution in [3.8, 4) is 0 Å². The maximum atomic E-state index is 11.8. The van der Waals surface area contributed by atoms with Crippen molar-refractivity contribution in [2.24, 2.45) is 5.73 Å². The monoisotopic (exact) mass is 267 g/mol. The molecule has 2 unspecified atom stereocenters. The molecule has 0 heterocycles. The van der Waals surface area contributed by atoms with E-state index in [4.69, 9.17) is 5.73 Å². The first-order valence-electron chi connectivity index (χ1n) is 7.87. The van der Waals surface area contributed by atoms with Crippen LogP contribution in [0.5, 0.6) is 0 Å². The van der Waals surface area contributed by atoms with Crippen molar-refractivity contribution in [1.82, 2.24) is 10.2 Å². The van der Waals surface area contributed by atoms with E-state index in [0.29, 0.717) is 6.04 Å². The molecule has 2 aliphatic carbocycles.